The van der Waals surface area contributed by atoms with Crippen molar-refractivity contribution in [1.82, 2.24) is 5.32 Å². The van der Waals surface area contributed by atoms with Crippen molar-refractivity contribution in [3.63, 3.8) is 0 Å². The van der Waals surface area contributed by atoms with E-state index in [1.807, 2.05) is 50.2 Å². The molecule has 0 saturated carbocycles. The Balaban J connectivity index is 2.36. The molecule has 1 rings (SSSR count). The van der Waals surface area contributed by atoms with Gasteiger partial charge < -0.3 is 20.6 Å². The first kappa shape index (κ1) is 15.5. The predicted molar refractivity (Wildman–Crippen MR) is 78.6 cm³/mol. The van der Waals surface area contributed by atoms with Gasteiger partial charge in [0.05, 0.1) is 6.61 Å². The van der Waals surface area contributed by atoms with Crippen molar-refractivity contribution < 1.29 is 9.90 Å². The zero-order valence-corrected chi connectivity index (χ0v) is 11.8. The average Bonchev–Trinajstić information content (AvgIpc) is 2.39. The first-order valence-corrected chi connectivity index (χ1v) is 6.44. The highest BCUT2D eigenvalue weighted by atomic mass is 16.3. The fraction of sp³-hybridized carbons (Fsp3) is 0.500. The highest BCUT2D eigenvalue weighted by molar-refractivity contribution is 5.91. The standard InChI is InChI=1S/C14H23N3O2/c1-11(10-18)15-9-8-14(19)16-12-4-6-13(7-5-12)17(2)3/h4-7,11,15,18H,8-10H2,1-3H3,(H,16,19)/t11-/m1/s1. The second-order valence-electron chi connectivity index (χ2n) is 4.78. The second kappa shape index (κ2) is 7.76. The number of rotatable bonds is 7. The fourth-order valence-corrected chi connectivity index (χ4v) is 1.56. The van der Waals surface area contributed by atoms with Gasteiger partial charge in [0.1, 0.15) is 0 Å². The van der Waals surface area contributed by atoms with Gasteiger partial charge >= 0.3 is 0 Å². The van der Waals surface area contributed by atoms with Crippen molar-refractivity contribution in [3.8, 4) is 0 Å². The molecule has 0 fully saturated rings. The Bertz CT molecular complexity index is 390. The molecule has 0 aliphatic heterocycles. The summed E-state index contributed by atoms with van der Waals surface area (Å²) >= 11 is 0. The van der Waals surface area contributed by atoms with Gasteiger partial charge in [-0.05, 0) is 31.2 Å². The number of nitrogens with one attached hydrogen (secondary N) is 2. The van der Waals surface area contributed by atoms with Gasteiger partial charge in [0.2, 0.25) is 5.91 Å². The number of anilines is 2. The normalized spacial score (nSPS) is 12.0. The van der Waals surface area contributed by atoms with E-state index in [2.05, 4.69) is 10.6 Å². The van der Waals surface area contributed by atoms with Crippen LogP contribution < -0.4 is 15.5 Å². The van der Waals surface area contributed by atoms with Crippen LogP contribution >= 0.6 is 0 Å². The summed E-state index contributed by atoms with van der Waals surface area (Å²) in [7, 11) is 3.95. The molecule has 0 aliphatic carbocycles. The van der Waals surface area contributed by atoms with Crippen molar-refractivity contribution >= 4 is 17.3 Å². The SMILES string of the molecule is C[C@H](CO)NCCC(=O)Nc1ccc(N(C)C)cc1. The van der Waals surface area contributed by atoms with E-state index in [1.54, 1.807) is 0 Å². The highest BCUT2D eigenvalue weighted by Gasteiger charge is 2.04. The average molecular weight is 265 g/mol. The predicted octanol–water partition coefficient (Wildman–Crippen LogP) is 1.05. The maximum Gasteiger partial charge on any atom is 0.225 e. The number of benzene rings is 1. The van der Waals surface area contributed by atoms with Crippen LogP contribution in [0.15, 0.2) is 24.3 Å². The number of aliphatic hydroxyl groups excluding tert-OH is 1. The van der Waals surface area contributed by atoms with Crippen LogP contribution in [-0.2, 0) is 4.79 Å². The van der Waals surface area contributed by atoms with E-state index in [0.717, 1.165) is 11.4 Å². The van der Waals surface area contributed by atoms with Crippen LogP contribution in [0.1, 0.15) is 13.3 Å². The quantitative estimate of drug-likeness (QED) is 0.689. The maximum atomic E-state index is 11.7. The summed E-state index contributed by atoms with van der Waals surface area (Å²) in [6, 6.07) is 7.71. The highest BCUT2D eigenvalue weighted by Crippen LogP contribution is 2.15. The molecule has 0 bridgehead atoms. The lowest BCUT2D eigenvalue weighted by Gasteiger charge is -2.13. The Morgan fingerprint density at radius 1 is 1.32 bits per heavy atom. The van der Waals surface area contributed by atoms with Gasteiger partial charge in [0.15, 0.2) is 0 Å². The smallest absolute Gasteiger partial charge is 0.225 e. The molecule has 106 valence electrons. The molecule has 0 heterocycles. The van der Waals surface area contributed by atoms with Gasteiger partial charge in [0.25, 0.3) is 0 Å². The number of hydrogen-bond acceptors (Lipinski definition) is 4. The summed E-state index contributed by atoms with van der Waals surface area (Å²) in [5, 5.41) is 14.7. The van der Waals surface area contributed by atoms with Gasteiger partial charge in [-0.1, -0.05) is 0 Å². The summed E-state index contributed by atoms with van der Waals surface area (Å²) in [6.07, 6.45) is 0.389. The Hall–Kier alpha value is -1.59. The maximum absolute atomic E-state index is 11.7. The lowest BCUT2D eigenvalue weighted by atomic mass is 10.2. The molecule has 0 aromatic heterocycles. The van der Waals surface area contributed by atoms with Crippen LogP contribution in [0.3, 0.4) is 0 Å². The molecular weight excluding hydrogens is 242 g/mol. The third-order valence-corrected chi connectivity index (χ3v) is 2.79. The fourth-order valence-electron chi connectivity index (χ4n) is 1.56. The third-order valence-electron chi connectivity index (χ3n) is 2.79. The van der Waals surface area contributed by atoms with Crippen LogP contribution in [-0.4, -0.2) is 44.3 Å². The van der Waals surface area contributed by atoms with Crippen LogP contribution in [0.2, 0.25) is 0 Å². The Kier molecular flexibility index (Phi) is 6.32. The molecule has 1 atom stereocenters. The van der Waals surface area contributed by atoms with E-state index in [4.69, 9.17) is 5.11 Å². The van der Waals surface area contributed by atoms with Crippen molar-refractivity contribution in [2.45, 2.75) is 19.4 Å². The van der Waals surface area contributed by atoms with E-state index in [-0.39, 0.29) is 18.6 Å². The van der Waals surface area contributed by atoms with Crippen molar-refractivity contribution in [3.05, 3.63) is 24.3 Å². The summed E-state index contributed by atoms with van der Waals surface area (Å²) < 4.78 is 0. The summed E-state index contributed by atoms with van der Waals surface area (Å²) in [4.78, 5) is 13.7. The molecule has 0 radical (unpaired) electrons. The first-order valence-electron chi connectivity index (χ1n) is 6.44. The second-order valence-corrected chi connectivity index (χ2v) is 4.78. The van der Waals surface area contributed by atoms with Crippen LogP contribution in [0.25, 0.3) is 0 Å². The van der Waals surface area contributed by atoms with Crippen molar-refractivity contribution in [2.24, 2.45) is 0 Å². The minimum absolute atomic E-state index is 0.0205. The number of nitrogens with zero attached hydrogens (tertiary/aromatic N) is 1. The third kappa shape index (κ3) is 5.72. The van der Waals surface area contributed by atoms with Gasteiger partial charge in [-0.2, -0.15) is 0 Å². The topological polar surface area (TPSA) is 64.6 Å². The molecule has 1 aromatic rings. The van der Waals surface area contributed by atoms with Gasteiger partial charge in [-0.25, -0.2) is 0 Å². The van der Waals surface area contributed by atoms with E-state index in [9.17, 15) is 4.79 Å². The zero-order chi connectivity index (χ0) is 14.3. The van der Waals surface area contributed by atoms with Crippen LogP contribution in [0.4, 0.5) is 11.4 Å². The molecule has 0 spiro atoms. The summed E-state index contributed by atoms with van der Waals surface area (Å²) in [5.74, 6) is -0.0322. The number of amides is 1. The van der Waals surface area contributed by atoms with Crippen LogP contribution in [0.5, 0.6) is 0 Å². The lowest BCUT2D eigenvalue weighted by molar-refractivity contribution is -0.116. The van der Waals surface area contributed by atoms with E-state index in [0.29, 0.717) is 13.0 Å². The number of carbonyl (C=O) groups is 1. The number of carbonyl (C=O) groups excluding carboxylic acids is 1. The zero-order valence-electron chi connectivity index (χ0n) is 11.8. The molecule has 19 heavy (non-hydrogen) atoms. The number of aliphatic hydroxyl groups is 1. The minimum Gasteiger partial charge on any atom is -0.395 e. The molecule has 5 nitrogen and oxygen atoms in total. The molecule has 1 aromatic carbocycles. The number of hydrogen-bond donors (Lipinski definition) is 3. The molecule has 5 heteroatoms. The molecular formula is C14H23N3O2. The Morgan fingerprint density at radius 3 is 2.47 bits per heavy atom. The van der Waals surface area contributed by atoms with Crippen molar-refractivity contribution in [1.29, 1.82) is 0 Å². The monoisotopic (exact) mass is 265 g/mol. The molecule has 0 saturated heterocycles. The molecule has 3 N–H and O–H groups in total. The lowest BCUT2D eigenvalue weighted by Crippen LogP contribution is -2.32. The van der Waals surface area contributed by atoms with E-state index >= 15 is 0 Å². The molecule has 0 unspecified atom stereocenters. The molecule has 0 aliphatic rings. The van der Waals surface area contributed by atoms with E-state index < -0.39 is 0 Å². The van der Waals surface area contributed by atoms with Crippen LogP contribution in [0, 0.1) is 0 Å². The van der Waals surface area contributed by atoms with Gasteiger partial charge in [-0.15, -0.1) is 0 Å². The van der Waals surface area contributed by atoms with Gasteiger partial charge in [-0.3, -0.25) is 4.79 Å². The minimum atomic E-state index is -0.0322. The van der Waals surface area contributed by atoms with E-state index in [1.165, 1.54) is 0 Å². The summed E-state index contributed by atoms with van der Waals surface area (Å²) in [5.41, 5.74) is 1.89. The molecule has 1 amide bonds. The van der Waals surface area contributed by atoms with Crippen molar-refractivity contribution in [2.75, 3.05) is 37.5 Å². The Labute approximate surface area is 114 Å². The summed E-state index contributed by atoms with van der Waals surface area (Å²) in [6.45, 7) is 2.51. The first-order chi connectivity index (χ1) is 9.02. The Morgan fingerprint density at radius 2 is 1.95 bits per heavy atom. The largest absolute Gasteiger partial charge is 0.395 e. The van der Waals surface area contributed by atoms with Gasteiger partial charge in [0, 0.05) is 44.5 Å².